The zero-order valence-corrected chi connectivity index (χ0v) is 21.6. The molecular weight excluding hydrogens is 538 g/mol. The van der Waals surface area contributed by atoms with E-state index in [4.69, 9.17) is 4.74 Å². The molecule has 11 heteroatoms. The lowest BCUT2D eigenvalue weighted by molar-refractivity contribution is -0.143. The fourth-order valence-electron chi connectivity index (χ4n) is 4.44. The molecule has 0 aromatic heterocycles. The summed E-state index contributed by atoms with van der Waals surface area (Å²) in [6, 6.07) is 11.8. The Bertz CT molecular complexity index is 1490. The van der Waals surface area contributed by atoms with Gasteiger partial charge in [0.2, 0.25) is 0 Å². The summed E-state index contributed by atoms with van der Waals surface area (Å²) in [5, 5.41) is 5.59. The first-order chi connectivity index (χ1) is 18.6. The van der Waals surface area contributed by atoms with Gasteiger partial charge in [-0.15, -0.1) is 0 Å². The molecule has 0 aliphatic carbocycles. The number of benzene rings is 3. The van der Waals surface area contributed by atoms with Crippen LogP contribution in [-0.2, 0) is 18.8 Å². The van der Waals surface area contributed by atoms with E-state index in [0.29, 0.717) is 23.6 Å². The van der Waals surface area contributed by atoms with Crippen LogP contribution in [0.5, 0.6) is 5.75 Å². The van der Waals surface area contributed by atoms with Gasteiger partial charge in [0.15, 0.2) is 5.78 Å². The van der Waals surface area contributed by atoms with Crippen molar-refractivity contribution in [2.45, 2.75) is 38.2 Å². The van der Waals surface area contributed by atoms with Crippen LogP contribution in [0, 0.1) is 0 Å². The van der Waals surface area contributed by atoms with Gasteiger partial charge in [0.05, 0.1) is 23.8 Å². The Morgan fingerprint density at radius 3 is 2.20 bits per heavy atom. The molecule has 0 saturated carbocycles. The third-order valence-corrected chi connectivity index (χ3v) is 6.31. The number of carbonyl (C=O) groups excluding carboxylic acids is 2. The first kappa shape index (κ1) is 28.7. The molecule has 3 aromatic carbocycles. The number of halogens is 6. The quantitative estimate of drug-likeness (QED) is 0.197. The van der Waals surface area contributed by atoms with E-state index >= 15 is 0 Å². The van der Waals surface area contributed by atoms with Crippen LogP contribution in [0.15, 0.2) is 66.7 Å². The summed E-state index contributed by atoms with van der Waals surface area (Å²) in [5.41, 5.74) is -1.80. The number of methoxy groups -OCH3 is 1. The van der Waals surface area contributed by atoms with Gasteiger partial charge < -0.3 is 15.4 Å². The van der Waals surface area contributed by atoms with Gasteiger partial charge in [-0.2, -0.15) is 26.3 Å². The third kappa shape index (κ3) is 6.30. The molecule has 0 spiro atoms. The van der Waals surface area contributed by atoms with E-state index in [1.165, 1.54) is 37.5 Å². The number of ether oxygens (including phenoxy) is 1. The number of hydrogen-bond donors (Lipinski definition) is 2. The molecule has 210 valence electrons. The maximum atomic E-state index is 13.4. The topological polar surface area (TPSA) is 67.4 Å². The summed E-state index contributed by atoms with van der Waals surface area (Å²) in [6.07, 6.45) is -8.04. The molecule has 4 rings (SSSR count). The Labute approximate surface area is 225 Å². The first-order valence-corrected chi connectivity index (χ1v) is 12.0. The van der Waals surface area contributed by atoms with Crippen LogP contribution in [0.2, 0.25) is 0 Å². The predicted molar refractivity (Wildman–Crippen MR) is 137 cm³/mol. The number of nitrogens with one attached hydrogen (secondary N) is 2. The highest BCUT2D eigenvalue weighted by Crippen LogP contribution is 2.38. The molecule has 2 N–H and O–H groups in total. The van der Waals surface area contributed by atoms with Crippen LogP contribution in [0.1, 0.15) is 56.8 Å². The van der Waals surface area contributed by atoms with Gasteiger partial charge in [-0.3, -0.25) is 9.59 Å². The maximum Gasteiger partial charge on any atom is 0.417 e. The Hall–Kier alpha value is -4.28. The van der Waals surface area contributed by atoms with Crippen LogP contribution in [0.4, 0.5) is 32.0 Å². The number of carbonyl (C=O) groups is 2. The normalized spacial score (nSPS) is 15.7. The summed E-state index contributed by atoms with van der Waals surface area (Å²) in [5.74, 6) is -0.990. The Balaban J connectivity index is 1.56. The van der Waals surface area contributed by atoms with E-state index < -0.39 is 35.0 Å². The molecule has 0 bridgehead atoms. The molecule has 0 unspecified atom stereocenters. The average molecular weight is 563 g/mol. The molecule has 1 aliphatic rings. The van der Waals surface area contributed by atoms with E-state index in [9.17, 15) is 35.9 Å². The number of rotatable bonds is 5. The summed E-state index contributed by atoms with van der Waals surface area (Å²) in [6.45, 7) is 3.99. The molecule has 0 radical (unpaired) electrons. The maximum absolute atomic E-state index is 13.4. The monoisotopic (exact) mass is 562 g/mol. The predicted octanol–water partition coefficient (Wildman–Crippen LogP) is 7.13. The molecule has 1 heterocycles. The van der Waals surface area contributed by atoms with Gasteiger partial charge in [-0.1, -0.05) is 6.07 Å². The van der Waals surface area contributed by atoms with E-state index in [2.05, 4.69) is 10.6 Å². The van der Waals surface area contributed by atoms with Crippen molar-refractivity contribution in [1.82, 2.24) is 5.32 Å². The van der Waals surface area contributed by atoms with Crippen molar-refractivity contribution < 1.29 is 40.7 Å². The SMILES string of the molecule is COc1ccc2c(c1)/C(=C/C(=O)c1ccc(NC(=O)c3ccc(C(F)(F)F)cc3C(F)(F)F)cc1)NC(C)(C)C2. The number of hydrogen-bond acceptors (Lipinski definition) is 4. The Kier molecular flexibility index (Phi) is 7.44. The second-order valence-electron chi connectivity index (χ2n) is 9.92. The summed E-state index contributed by atoms with van der Waals surface area (Å²) >= 11 is 0. The second kappa shape index (κ2) is 10.4. The minimum atomic E-state index is -5.19. The molecule has 5 nitrogen and oxygen atoms in total. The first-order valence-electron chi connectivity index (χ1n) is 12.0. The summed E-state index contributed by atoms with van der Waals surface area (Å²) < 4.78 is 84.4. The lowest BCUT2D eigenvalue weighted by Gasteiger charge is -2.35. The number of fused-ring (bicyclic) bond motifs is 1. The van der Waals surface area contributed by atoms with Crippen LogP contribution >= 0.6 is 0 Å². The molecule has 0 saturated heterocycles. The van der Waals surface area contributed by atoms with Gasteiger partial charge in [0, 0.05) is 34.1 Å². The van der Waals surface area contributed by atoms with Crippen molar-refractivity contribution in [2.24, 2.45) is 0 Å². The fourth-order valence-corrected chi connectivity index (χ4v) is 4.44. The standard InChI is InChI=1S/C29H24F6N2O3/c1-27(2)15-17-6-10-20(40-3)13-22(17)24(37-27)14-25(38)16-4-8-19(9-5-16)36-26(39)21-11-7-18(28(30,31)32)12-23(21)29(33,34)35/h4-14,37H,15H2,1-3H3,(H,36,39)/b24-14-. The zero-order chi connectivity index (χ0) is 29.5. The van der Waals surface area contributed by atoms with Gasteiger partial charge in [-0.05, 0) is 80.4 Å². The smallest absolute Gasteiger partial charge is 0.417 e. The minimum Gasteiger partial charge on any atom is -0.497 e. The lowest BCUT2D eigenvalue weighted by atomic mass is 9.85. The number of allylic oxidation sites excluding steroid dienone is 1. The van der Waals surface area contributed by atoms with E-state index in [1.807, 2.05) is 32.0 Å². The van der Waals surface area contributed by atoms with Gasteiger partial charge in [0.25, 0.3) is 5.91 Å². The van der Waals surface area contributed by atoms with Crippen molar-refractivity contribution in [1.29, 1.82) is 0 Å². The highest BCUT2D eigenvalue weighted by atomic mass is 19.4. The van der Waals surface area contributed by atoms with Crippen molar-refractivity contribution in [3.63, 3.8) is 0 Å². The Morgan fingerprint density at radius 2 is 1.60 bits per heavy atom. The zero-order valence-electron chi connectivity index (χ0n) is 21.6. The van der Waals surface area contributed by atoms with Gasteiger partial charge in [0.1, 0.15) is 5.75 Å². The highest BCUT2D eigenvalue weighted by molar-refractivity contribution is 6.09. The largest absolute Gasteiger partial charge is 0.497 e. The van der Waals surface area contributed by atoms with Crippen molar-refractivity contribution >= 4 is 23.1 Å². The van der Waals surface area contributed by atoms with Gasteiger partial charge in [-0.25, -0.2) is 0 Å². The number of alkyl halides is 6. The average Bonchev–Trinajstić information content (AvgIpc) is 2.87. The van der Waals surface area contributed by atoms with Crippen molar-refractivity contribution in [3.05, 3.63) is 100 Å². The van der Waals surface area contributed by atoms with Crippen LogP contribution in [-0.4, -0.2) is 24.3 Å². The summed E-state index contributed by atoms with van der Waals surface area (Å²) in [4.78, 5) is 25.6. The third-order valence-electron chi connectivity index (χ3n) is 6.31. The minimum absolute atomic E-state index is 0.0502. The molecular formula is C29H24F6N2O3. The fraction of sp³-hybridized carbons (Fsp3) is 0.241. The summed E-state index contributed by atoms with van der Waals surface area (Å²) in [7, 11) is 1.54. The number of amides is 1. The lowest BCUT2D eigenvalue weighted by Crippen LogP contribution is -2.43. The Morgan fingerprint density at radius 1 is 0.925 bits per heavy atom. The van der Waals surface area contributed by atoms with E-state index in [1.54, 1.807) is 0 Å². The molecule has 3 aromatic rings. The van der Waals surface area contributed by atoms with Crippen molar-refractivity contribution in [3.8, 4) is 5.75 Å². The van der Waals surface area contributed by atoms with Crippen LogP contribution in [0.25, 0.3) is 5.70 Å². The molecule has 1 aliphatic heterocycles. The van der Waals surface area contributed by atoms with E-state index in [-0.39, 0.29) is 28.6 Å². The van der Waals surface area contributed by atoms with Crippen LogP contribution in [0.3, 0.4) is 0 Å². The molecule has 1 amide bonds. The second-order valence-corrected chi connectivity index (χ2v) is 9.92. The van der Waals surface area contributed by atoms with E-state index in [0.717, 1.165) is 17.5 Å². The number of anilines is 1. The molecule has 0 atom stereocenters. The van der Waals surface area contributed by atoms with Gasteiger partial charge >= 0.3 is 12.4 Å². The molecule has 40 heavy (non-hydrogen) atoms. The number of ketones is 1. The highest BCUT2D eigenvalue weighted by Gasteiger charge is 2.39. The van der Waals surface area contributed by atoms with Crippen LogP contribution < -0.4 is 15.4 Å². The molecule has 0 fully saturated rings. The van der Waals surface area contributed by atoms with Crippen molar-refractivity contribution in [2.75, 3.05) is 12.4 Å².